The van der Waals surface area contributed by atoms with E-state index in [9.17, 15) is 4.79 Å². The van der Waals surface area contributed by atoms with Crippen molar-refractivity contribution in [2.45, 2.75) is 44.6 Å². The van der Waals surface area contributed by atoms with E-state index >= 15 is 0 Å². The van der Waals surface area contributed by atoms with E-state index in [-0.39, 0.29) is 24.2 Å². The zero-order valence-electron chi connectivity index (χ0n) is 14.1. The summed E-state index contributed by atoms with van der Waals surface area (Å²) in [6, 6.07) is 5.59. The Bertz CT molecular complexity index is 733. The number of morpholine rings is 1. The SMILES string of the molecule is Cc1cc(C(=O)N2CCO[C@@H]3[C@@H](OCc4ccncc4)CC[C@@H]32)no1. The maximum atomic E-state index is 12.7. The molecule has 1 saturated carbocycles. The van der Waals surface area contributed by atoms with Crippen molar-refractivity contribution >= 4 is 5.91 Å². The van der Waals surface area contributed by atoms with Crippen LogP contribution in [-0.4, -0.2) is 52.3 Å². The molecule has 3 heterocycles. The summed E-state index contributed by atoms with van der Waals surface area (Å²) in [4.78, 5) is 18.6. The number of rotatable bonds is 4. The van der Waals surface area contributed by atoms with Crippen LogP contribution in [0.4, 0.5) is 0 Å². The standard InChI is InChI=1S/C18H21N3O4/c1-12-10-14(20-25-12)18(22)21-8-9-23-17-15(21)2-3-16(17)24-11-13-4-6-19-7-5-13/h4-7,10,15-17H,2-3,8-9,11H2,1H3/t15-,16-,17-/m0/s1. The van der Waals surface area contributed by atoms with Gasteiger partial charge in [-0.05, 0) is 37.5 Å². The molecule has 25 heavy (non-hydrogen) atoms. The zero-order chi connectivity index (χ0) is 17.2. The van der Waals surface area contributed by atoms with Gasteiger partial charge in [-0.1, -0.05) is 5.16 Å². The highest BCUT2D eigenvalue weighted by molar-refractivity contribution is 5.92. The van der Waals surface area contributed by atoms with Crippen LogP contribution < -0.4 is 0 Å². The molecule has 1 saturated heterocycles. The van der Waals surface area contributed by atoms with Gasteiger partial charge in [0, 0.05) is 25.0 Å². The molecule has 0 unspecified atom stereocenters. The topological polar surface area (TPSA) is 77.7 Å². The molecule has 1 aliphatic heterocycles. The number of fused-ring (bicyclic) bond motifs is 1. The lowest BCUT2D eigenvalue weighted by atomic mass is 10.1. The van der Waals surface area contributed by atoms with Crippen molar-refractivity contribution in [2.75, 3.05) is 13.2 Å². The van der Waals surface area contributed by atoms with Gasteiger partial charge in [0.25, 0.3) is 5.91 Å². The van der Waals surface area contributed by atoms with E-state index in [1.807, 2.05) is 17.0 Å². The van der Waals surface area contributed by atoms with Crippen LogP contribution in [0, 0.1) is 6.92 Å². The molecular formula is C18H21N3O4. The van der Waals surface area contributed by atoms with Gasteiger partial charge in [0.15, 0.2) is 5.69 Å². The quantitative estimate of drug-likeness (QED) is 0.845. The predicted molar refractivity (Wildman–Crippen MR) is 87.9 cm³/mol. The lowest BCUT2D eigenvalue weighted by Crippen LogP contribution is -2.53. The van der Waals surface area contributed by atoms with Gasteiger partial charge in [0.1, 0.15) is 11.9 Å². The smallest absolute Gasteiger partial charge is 0.276 e. The molecule has 0 bridgehead atoms. The highest BCUT2D eigenvalue weighted by Crippen LogP contribution is 2.33. The van der Waals surface area contributed by atoms with Gasteiger partial charge in [-0.3, -0.25) is 9.78 Å². The summed E-state index contributed by atoms with van der Waals surface area (Å²) < 4.78 is 17.1. The van der Waals surface area contributed by atoms with Gasteiger partial charge in [0.2, 0.25) is 0 Å². The Morgan fingerprint density at radius 3 is 2.96 bits per heavy atom. The lowest BCUT2D eigenvalue weighted by molar-refractivity contribution is -0.108. The average molecular weight is 343 g/mol. The number of amides is 1. The normalized spacial score (nSPS) is 25.8. The number of nitrogens with zero attached hydrogens (tertiary/aromatic N) is 3. The van der Waals surface area contributed by atoms with Crippen LogP contribution in [0.3, 0.4) is 0 Å². The van der Waals surface area contributed by atoms with Crippen molar-refractivity contribution in [1.82, 2.24) is 15.0 Å². The fraction of sp³-hybridized carbons (Fsp3) is 0.500. The minimum atomic E-state index is -0.0927. The van der Waals surface area contributed by atoms with Crippen molar-refractivity contribution in [2.24, 2.45) is 0 Å². The van der Waals surface area contributed by atoms with E-state index in [2.05, 4.69) is 10.1 Å². The van der Waals surface area contributed by atoms with Crippen molar-refractivity contribution in [3.8, 4) is 0 Å². The molecule has 132 valence electrons. The van der Waals surface area contributed by atoms with Gasteiger partial charge in [-0.2, -0.15) is 0 Å². The van der Waals surface area contributed by atoms with E-state index in [0.717, 1.165) is 18.4 Å². The first-order valence-corrected chi connectivity index (χ1v) is 8.59. The Hall–Kier alpha value is -2.25. The van der Waals surface area contributed by atoms with Gasteiger partial charge >= 0.3 is 0 Å². The monoisotopic (exact) mass is 343 g/mol. The number of carbonyl (C=O) groups is 1. The maximum absolute atomic E-state index is 12.7. The number of ether oxygens (including phenoxy) is 2. The second kappa shape index (κ2) is 6.93. The third-order valence-corrected chi connectivity index (χ3v) is 4.86. The number of pyridine rings is 1. The Morgan fingerprint density at radius 2 is 2.20 bits per heavy atom. The molecule has 2 aromatic rings. The van der Waals surface area contributed by atoms with E-state index in [4.69, 9.17) is 14.0 Å². The minimum absolute atomic E-state index is 0.00666. The van der Waals surface area contributed by atoms with Gasteiger partial charge in [0.05, 0.1) is 25.4 Å². The first-order chi connectivity index (χ1) is 12.2. The van der Waals surface area contributed by atoms with Crippen molar-refractivity contribution in [1.29, 1.82) is 0 Å². The second-order valence-electron chi connectivity index (χ2n) is 6.51. The first kappa shape index (κ1) is 16.2. The third kappa shape index (κ3) is 3.29. The van der Waals surface area contributed by atoms with Crippen LogP contribution in [0.5, 0.6) is 0 Å². The van der Waals surface area contributed by atoms with Crippen LogP contribution in [0.15, 0.2) is 35.1 Å². The number of carbonyl (C=O) groups excluding carboxylic acids is 1. The van der Waals surface area contributed by atoms with Crippen molar-refractivity contribution in [3.63, 3.8) is 0 Å². The summed E-state index contributed by atoms with van der Waals surface area (Å²) in [6.45, 7) is 3.39. The fourth-order valence-corrected chi connectivity index (χ4v) is 3.64. The Balaban J connectivity index is 1.42. The minimum Gasteiger partial charge on any atom is -0.372 e. The van der Waals surface area contributed by atoms with Gasteiger partial charge < -0.3 is 18.9 Å². The van der Waals surface area contributed by atoms with Gasteiger partial charge in [-0.25, -0.2) is 0 Å². The molecule has 1 amide bonds. The highest BCUT2D eigenvalue weighted by atomic mass is 16.5. The molecule has 0 spiro atoms. The van der Waals surface area contributed by atoms with Crippen molar-refractivity contribution < 1.29 is 18.8 Å². The average Bonchev–Trinajstić information content (AvgIpc) is 3.26. The molecule has 0 aromatic carbocycles. The summed E-state index contributed by atoms with van der Waals surface area (Å²) >= 11 is 0. The summed E-state index contributed by atoms with van der Waals surface area (Å²) in [5, 5.41) is 3.86. The summed E-state index contributed by atoms with van der Waals surface area (Å²) in [7, 11) is 0. The number of hydrogen-bond donors (Lipinski definition) is 0. The third-order valence-electron chi connectivity index (χ3n) is 4.86. The van der Waals surface area contributed by atoms with Crippen LogP contribution in [0.1, 0.15) is 34.7 Å². The molecule has 0 N–H and O–H groups in total. The molecule has 7 nitrogen and oxygen atoms in total. The molecule has 2 aromatic heterocycles. The summed E-state index contributed by atoms with van der Waals surface area (Å²) in [5.74, 6) is 0.545. The summed E-state index contributed by atoms with van der Waals surface area (Å²) in [5.41, 5.74) is 1.44. The number of aryl methyl sites for hydroxylation is 1. The summed E-state index contributed by atoms with van der Waals surface area (Å²) in [6.07, 6.45) is 5.16. The van der Waals surface area contributed by atoms with E-state index in [1.165, 1.54) is 0 Å². The van der Waals surface area contributed by atoms with Crippen LogP contribution in [0.2, 0.25) is 0 Å². The Morgan fingerprint density at radius 1 is 1.36 bits per heavy atom. The van der Waals surface area contributed by atoms with Crippen LogP contribution >= 0.6 is 0 Å². The molecule has 4 rings (SSSR count). The largest absolute Gasteiger partial charge is 0.372 e. The maximum Gasteiger partial charge on any atom is 0.276 e. The zero-order valence-corrected chi connectivity index (χ0v) is 14.1. The lowest BCUT2D eigenvalue weighted by Gasteiger charge is -2.38. The van der Waals surface area contributed by atoms with E-state index in [1.54, 1.807) is 25.4 Å². The van der Waals surface area contributed by atoms with E-state index < -0.39 is 0 Å². The molecule has 2 fully saturated rings. The molecular weight excluding hydrogens is 322 g/mol. The van der Waals surface area contributed by atoms with Crippen LogP contribution in [0.25, 0.3) is 0 Å². The molecule has 0 radical (unpaired) electrons. The highest BCUT2D eigenvalue weighted by Gasteiger charge is 2.45. The molecule has 1 aliphatic carbocycles. The predicted octanol–water partition coefficient (Wildman–Crippen LogP) is 1.97. The second-order valence-corrected chi connectivity index (χ2v) is 6.51. The molecule has 7 heteroatoms. The van der Waals surface area contributed by atoms with Crippen molar-refractivity contribution in [3.05, 3.63) is 47.6 Å². The van der Waals surface area contributed by atoms with Gasteiger partial charge in [-0.15, -0.1) is 0 Å². The number of hydrogen-bond acceptors (Lipinski definition) is 6. The molecule has 2 aliphatic rings. The first-order valence-electron chi connectivity index (χ1n) is 8.59. The Labute approximate surface area is 145 Å². The number of aromatic nitrogens is 2. The Kier molecular flexibility index (Phi) is 4.50. The van der Waals surface area contributed by atoms with Crippen LogP contribution in [-0.2, 0) is 16.1 Å². The van der Waals surface area contributed by atoms with E-state index in [0.29, 0.717) is 31.2 Å². The molecule has 3 atom stereocenters. The fourth-order valence-electron chi connectivity index (χ4n) is 3.64.